The molecule has 116 valence electrons. The first-order valence-electron chi connectivity index (χ1n) is 7.19. The maximum absolute atomic E-state index is 12.1. The zero-order valence-corrected chi connectivity index (χ0v) is 13.4. The van der Waals surface area contributed by atoms with Gasteiger partial charge in [-0.15, -0.1) is 0 Å². The first-order chi connectivity index (χ1) is 9.95. The van der Waals surface area contributed by atoms with E-state index in [-0.39, 0.29) is 5.91 Å². The van der Waals surface area contributed by atoms with Gasteiger partial charge in [-0.25, -0.2) is 0 Å². The average Bonchev–Trinajstić information content (AvgIpc) is 2.43. The van der Waals surface area contributed by atoms with Crippen molar-refractivity contribution in [1.29, 1.82) is 0 Å². The molecule has 0 unspecified atom stereocenters. The number of carbonyl (C=O) groups is 1. The Morgan fingerprint density at radius 3 is 2.81 bits per heavy atom. The maximum Gasteiger partial charge on any atom is 0.238 e. The van der Waals surface area contributed by atoms with Crippen LogP contribution >= 0.6 is 11.6 Å². The van der Waals surface area contributed by atoms with Gasteiger partial charge in [-0.1, -0.05) is 11.6 Å². The van der Waals surface area contributed by atoms with Crippen LogP contribution in [0.2, 0.25) is 5.02 Å². The summed E-state index contributed by atoms with van der Waals surface area (Å²) < 4.78 is 0. The average molecular weight is 311 g/mol. The number of hydrogen-bond acceptors (Lipinski definition) is 4. The Balaban J connectivity index is 1.88. The van der Waals surface area contributed by atoms with Crippen molar-refractivity contribution in [3.05, 3.63) is 23.2 Å². The number of amides is 1. The third-order valence-corrected chi connectivity index (χ3v) is 4.23. The number of rotatable bonds is 4. The van der Waals surface area contributed by atoms with Crippen LogP contribution in [0.3, 0.4) is 0 Å². The van der Waals surface area contributed by atoms with Crippen LogP contribution in [0.5, 0.6) is 0 Å². The summed E-state index contributed by atoms with van der Waals surface area (Å²) in [4.78, 5) is 16.6. The molecule has 0 aliphatic carbocycles. The second kappa shape index (κ2) is 7.11. The Morgan fingerprint density at radius 1 is 1.48 bits per heavy atom. The molecule has 5 nitrogen and oxygen atoms in total. The monoisotopic (exact) mass is 310 g/mol. The molecule has 1 aromatic carbocycles. The second-order valence-electron chi connectivity index (χ2n) is 5.73. The van der Waals surface area contributed by atoms with Crippen LogP contribution in [0.25, 0.3) is 0 Å². The Kier molecular flexibility index (Phi) is 5.45. The van der Waals surface area contributed by atoms with E-state index in [2.05, 4.69) is 22.2 Å². The molecule has 0 aromatic heterocycles. The third kappa shape index (κ3) is 4.59. The number of benzene rings is 1. The molecular formula is C15H23ClN4O. The zero-order valence-electron chi connectivity index (χ0n) is 12.6. The summed E-state index contributed by atoms with van der Waals surface area (Å²) in [6, 6.07) is 5.53. The molecule has 0 atom stereocenters. The highest BCUT2D eigenvalue weighted by Gasteiger charge is 2.22. The first kappa shape index (κ1) is 16.1. The SMILES string of the molecule is CN1CCC(N(C)CC(=O)Nc2cc(Cl)ccc2N)CC1. The fourth-order valence-electron chi connectivity index (χ4n) is 2.62. The molecule has 1 saturated heterocycles. The van der Waals surface area contributed by atoms with Gasteiger partial charge in [0.15, 0.2) is 0 Å². The minimum Gasteiger partial charge on any atom is -0.397 e. The lowest BCUT2D eigenvalue weighted by molar-refractivity contribution is -0.117. The van der Waals surface area contributed by atoms with E-state index in [1.165, 1.54) is 0 Å². The highest BCUT2D eigenvalue weighted by atomic mass is 35.5. The highest BCUT2D eigenvalue weighted by Crippen LogP contribution is 2.23. The summed E-state index contributed by atoms with van der Waals surface area (Å²) in [5.41, 5.74) is 6.93. The van der Waals surface area contributed by atoms with Crippen LogP contribution in [-0.2, 0) is 4.79 Å². The number of carbonyl (C=O) groups excluding carboxylic acids is 1. The van der Waals surface area contributed by atoms with Crippen LogP contribution in [0.15, 0.2) is 18.2 Å². The van der Waals surface area contributed by atoms with E-state index in [9.17, 15) is 4.79 Å². The summed E-state index contributed by atoms with van der Waals surface area (Å²) >= 11 is 5.92. The second-order valence-corrected chi connectivity index (χ2v) is 6.17. The molecule has 2 rings (SSSR count). The van der Waals surface area contributed by atoms with E-state index in [1.54, 1.807) is 18.2 Å². The topological polar surface area (TPSA) is 61.6 Å². The number of anilines is 2. The molecule has 1 aliphatic rings. The van der Waals surface area contributed by atoms with E-state index in [1.807, 2.05) is 7.05 Å². The first-order valence-corrected chi connectivity index (χ1v) is 7.57. The Labute approximate surface area is 131 Å². The van der Waals surface area contributed by atoms with Crippen LogP contribution in [0, 0.1) is 0 Å². The van der Waals surface area contributed by atoms with E-state index in [4.69, 9.17) is 17.3 Å². The lowest BCUT2D eigenvalue weighted by Crippen LogP contribution is -2.44. The predicted octanol–water partition coefficient (Wildman–Crippen LogP) is 1.89. The van der Waals surface area contributed by atoms with Crippen molar-refractivity contribution in [1.82, 2.24) is 9.80 Å². The van der Waals surface area contributed by atoms with Gasteiger partial charge in [0.1, 0.15) is 0 Å². The fraction of sp³-hybridized carbons (Fsp3) is 0.533. The molecular weight excluding hydrogens is 288 g/mol. The Morgan fingerprint density at radius 2 is 2.14 bits per heavy atom. The van der Waals surface area contributed by atoms with Gasteiger partial charge in [-0.2, -0.15) is 0 Å². The zero-order chi connectivity index (χ0) is 15.4. The molecule has 0 radical (unpaired) electrons. The Bertz CT molecular complexity index is 500. The van der Waals surface area contributed by atoms with E-state index in [0.29, 0.717) is 29.0 Å². The van der Waals surface area contributed by atoms with Crippen molar-refractivity contribution in [2.24, 2.45) is 0 Å². The van der Waals surface area contributed by atoms with Crippen LogP contribution in [-0.4, -0.2) is 55.5 Å². The lowest BCUT2D eigenvalue weighted by Gasteiger charge is -2.34. The molecule has 1 fully saturated rings. The normalized spacial score (nSPS) is 17.1. The van der Waals surface area contributed by atoms with Gasteiger partial charge in [0.05, 0.1) is 17.9 Å². The van der Waals surface area contributed by atoms with Crippen molar-refractivity contribution in [3.8, 4) is 0 Å². The summed E-state index contributed by atoms with van der Waals surface area (Å²) in [7, 11) is 4.13. The number of nitrogen functional groups attached to an aromatic ring is 1. The highest BCUT2D eigenvalue weighted by molar-refractivity contribution is 6.31. The van der Waals surface area contributed by atoms with Gasteiger partial charge in [-0.05, 0) is 58.2 Å². The maximum atomic E-state index is 12.1. The third-order valence-electron chi connectivity index (χ3n) is 3.99. The van der Waals surface area contributed by atoms with Crippen LogP contribution in [0.1, 0.15) is 12.8 Å². The number of hydrogen-bond donors (Lipinski definition) is 2. The molecule has 1 aliphatic heterocycles. The van der Waals surface area contributed by atoms with Crippen molar-refractivity contribution in [2.75, 3.05) is 44.8 Å². The van der Waals surface area contributed by atoms with Gasteiger partial charge in [0.25, 0.3) is 0 Å². The lowest BCUT2D eigenvalue weighted by atomic mass is 10.0. The molecule has 1 heterocycles. The number of nitrogens with two attached hydrogens (primary N) is 1. The molecule has 21 heavy (non-hydrogen) atoms. The van der Waals surface area contributed by atoms with Gasteiger partial charge >= 0.3 is 0 Å². The quantitative estimate of drug-likeness (QED) is 0.834. The summed E-state index contributed by atoms with van der Waals surface area (Å²) in [5, 5.41) is 3.39. The molecule has 0 saturated carbocycles. The van der Waals surface area contributed by atoms with Crippen LogP contribution < -0.4 is 11.1 Å². The van der Waals surface area contributed by atoms with E-state index in [0.717, 1.165) is 25.9 Å². The van der Waals surface area contributed by atoms with E-state index >= 15 is 0 Å². The summed E-state index contributed by atoms with van der Waals surface area (Å²) in [6.45, 7) is 2.52. The van der Waals surface area contributed by atoms with Crippen molar-refractivity contribution in [2.45, 2.75) is 18.9 Å². The number of nitrogens with one attached hydrogen (secondary N) is 1. The minimum atomic E-state index is -0.0644. The number of piperidine rings is 1. The minimum absolute atomic E-state index is 0.0644. The molecule has 1 aromatic rings. The molecule has 1 amide bonds. The fourth-order valence-corrected chi connectivity index (χ4v) is 2.79. The summed E-state index contributed by atoms with van der Waals surface area (Å²) in [6.07, 6.45) is 2.19. The van der Waals surface area contributed by atoms with Crippen molar-refractivity contribution < 1.29 is 4.79 Å². The number of likely N-dealkylation sites (tertiary alicyclic amines) is 1. The van der Waals surface area contributed by atoms with E-state index < -0.39 is 0 Å². The molecule has 3 N–H and O–H groups in total. The number of halogens is 1. The van der Waals surface area contributed by atoms with Crippen molar-refractivity contribution >= 4 is 28.9 Å². The largest absolute Gasteiger partial charge is 0.397 e. The number of likely N-dealkylation sites (N-methyl/N-ethyl adjacent to an activating group) is 1. The molecule has 0 bridgehead atoms. The van der Waals surface area contributed by atoms with Gasteiger partial charge < -0.3 is 16.0 Å². The van der Waals surface area contributed by atoms with Gasteiger partial charge in [-0.3, -0.25) is 9.69 Å². The van der Waals surface area contributed by atoms with Crippen LogP contribution in [0.4, 0.5) is 11.4 Å². The molecule has 6 heteroatoms. The van der Waals surface area contributed by atoms with Gasteiger partial charge in [0, 0.05) is 11.1 Å². The van der Waals surface area contributed by atoms with Crippen molar-refractivity contribution in [3.63, 3.8) is 0 Å². The Hall–Kier alpha value is -1.30. The standard InChI is InChI=1S/C15H23ClN4O/c1-19-7-5-12(6-8-19)20(2)10-15(21)18-14-9-11(16)3-4-13(14)17/h3-4,9,12H,5-8,10,17H2,1-2H3,(H,18,21). The van der Waals surface area contributed by atoms with Gasteiger partial charge in [0.2, 0.25) is 5.91 Å². The number of nitrogens with zero attached hydrogens (tertiary/aromatic N) is 2. The summed E-state index contributed by atoms with van der Waals surface area (Å²) in [5.74, 6) is -0.0644. The smallest absolute Gasteiger partial charge is 0.238 e. The molecule has 0 spiro atoms. The predicted molar refractivity (Wildman–Crippen MR) is 87.6 cm³/mol.